The molecule has 0 aliphatic carbocycles. The molecule has 1 saturated heterocycles. The van der Waals surface area contributed by atoms with E-state index >= 15 is 0 Å². The molecule has 1 aromatic heterocycles. The van der Waals surface area contributed by atoms with Crippen LogP contribution in [0.1, 0.15) is 5.69 Å². The molecule has 1 aliphatic rings. The predicted octanol–water partition coefficient (Wildman–Crippen LogP) is 1.09. The third-order valence-corrected chi connectivity index (χ3v) is 3.32. The number of hydrogen-bond acceptors (Lipinski definition) is 4. The Morgan fingerprint density at radius 3 is 2.68 bits per heavy atom. The second-order valence-corrected chi connectivity index (χ2v) is 4.69. The standard InChI is InChI=1S/C13H17N5.ClH/c1-17(13-8-14-9-13)10-11-7-15-18(16-11)12-5-3-2-4-6-12;/h2-7,13-14H,8-10H2,1H3;1H. The van der Waals surface area contributed by atoms with Gasteiger partial charge >= 0.3 is 0 Å². The summed E-state index contributed by atoms with van der Waals surface area (Å²) < 4.78 is 0. The molecule has 1 N–H and O–H groups in total. The number of likely N-dealkylation sites (N-methyl/N-ethyl adjacent to an activating group) is 1. The number of rotatable bonds is 4. The monoisotopic (exact) mass is 279 g/mol. The van der Waals surface area contributed by atoms with Gasteiger partial charge in [0.1, 0.15) is 0 Å². The highest BCUT2D eigenvalue weighted by molar-refractivity contribution is 5.85. The van der Waals surface area contributed by atoms with Gasteiger partial charge in [-0.3, -0.25) is 4.90 Å². The SMILES string of the molecule is CN(Cc1cnn(-c2ccccc2)n1)C1CNC1.Cl. The highest BCUT2D eigenvalue weighted by Gasteiger charge is 2.21. The van der Waals surface area contributed by atoms with Gasteiger partial charge in [0.05, 0.1) is 17.6 Å². The van der Waals surface area contributed by atoms with E-state index in [1.54, 1.807) is 4.80 Å². The lowest BCUT2D eigenvalue weighted by Crippen LogP contribution is -2.55. The van der Waals surface area contributed by atoms with Gasteiger partial charge in [-0.15, -0.1) is 12.4 Å². The Hall–Kier alpha value is -1.43. The fraction of sp³-hybridized carbons (Fsp3) is 0.385. The van der Waals surface area contributed by atoms with E-state index in [4.69, 9.17) is 0 Å². The molecule has 2 heterocycles. The van der Waals surface area contributed by atoms with E-state index in [0.29, 0.717) is 6.04 Å². The Labute approximate surface area is 119 Å². The fourth-order valence-corrected chi connectivity index (χ4v) is 2.02. The summed E-state index contributed by atoms with van der Waals surface area (Å²) in [5, 5.41) is 12.1. The molecular weight excluding hydrogens is 262 g/mol. The fourth-order valence-electron chi connectivity index (χ4n) is 2.02. The first-order valence-electron chi connectivity index (χ1n) is 6.20. The maximum absolute atomic E-state index is 4.50. The van der Waals surface area contributed by atoms with E-state index in [1.165, 1.54) is 0 Å². The van der Waals surface area contributed by atoms with Crippen molar-refractivity contribution >= 4 is 12.4 Å². The second-order valence-electron chi connectivity index (χ2n) is 4.69. The number of hydrogen-bond donors (Lipinski definition) is 1. The molecular formula is C13H18ClN5. The number of aromatic nitrogens is 3. The Kier molecular flexibility index (Phi) is 4.52. The summed E-state index contributed by atoms with van der Waals surface area (Å²) in [6, 6.07) is 10.6. The van der Waals surface area contributed by atoms with E-state index in [9.17, 15) is 0 Å². The highest BCUT2D eigenvalue weighted by atomic mass is 35.5. The average molecular weight is 280 g/mol. The van der Waals surface area contributed by atoms with Crippen LogP contribution in [0.3, 0.4) is 0 Å². The van der Waals surface area contributed by atoms with Crippen LogP contribution in [0.2, 0.25) is 0 Å². The van der Waals surface area contributed by atoms with Crippen molar-refractivity contribution in [3.63, 3.8) is 0 Å². The molecule has 1 fully saturated rings. The van der Waals surface area contributed by atoms with Gasteiger partial charge in [-0.05, 0) is 19.2 Å². The summed E-state index contributed by atoms with van der Waals surface area (Å²) in [7, 11) is 2.13. The van der Waals surface area contributed by atoms with Crippen molar-refractivity contribution < 1.29 is 0 Å². The zero-order chi connectivity index (χ0) is 12.4. The number of halogens is 1. The number of nitrogens with one attached hydrogen (secondary N) is 1. The minimum atomic E-state index is 0. The van der Waals surface area contributed by atoms with Gasteiger partial charge in [-0.1, -0.05) is 18.2 Å². The van der Waals surface area contributed by atoms with E-state index in [0.717, 1.165) is 31.0 Å². The summed E-state index contributed by atoms with van der Waals surface area (Å²) in [4.78, 5) is 4.00. The van der Waals surface area contributed by atoms with Crippen molar-refractivity contribution in [2.75, 3.05) is 20.1 Å². The van der Waals surface area contributed by atoms with Crippen LogP contribution >= 0.6 is 12.4 Å². The summed E-state index contributed by atoms with van der Waals surface area (Å²) in [6.07, 6.45) is 1.84. The maximum atomic E-state index is 4.50. The zero-order valence-electron chi connectivity index (χ0n) is 10.9. The molecule has 6 heteroatoms. The minimum Gasteiger partial charge on any atom is -0.314 e. The molecule has 0 spiro atoms. The first-order valence-corrected chi connectivity index (χ1v) is 6.20. The highest BCUT2D eigenvalue weighted by Crippen LogP contribution is 2.08. The van der Waals surface area contributed by atoms with Crippen LogP contribution in [0.4, 0.5) is 0 Å². The third kappa shape index (κ3) is 3.12. The van der Waals surface area contributed by atoms with E-state index < -0.39 is 0 Å². The average Bonchev–Trinajstić information content (AvgIpc) is 2.76. The Balaban J connectivity index is 0.00000133. The van der Waals surface area contributed by atoms with Crippen molar-refractivity contribution in [3.05, 3.63) is 42.2 Å². The van der Waals surface area contributed by atoms with Crippen LogP contribution in [0, 0.1) is 0 Å². The minimum absolute atomic E-state index is 0. The predicted molar refractivity (Wildman–Crippen MR) is 76.7 cm³/mol. The molecule has 1 aliphatic heterocycles. The van der Waals surface area contributed by atoms with Crippen molar-refractivity contribution in [2.24, 2.45) is 0 Å². The Morgan fingerprint density at radius 1 is 1.32 bits per heavy atom. The van der Waals surface area contributed by atoms with Gasteiger partial charge in [-0.2, -0.15) is 15.0 Å². The van der Waals surface area contributed by atoms with Gasteiger partial charge in [-0.25, -0.2) is 0 Å². The molecule has 19 heavy (non-hydrogen) atoms. The molecule has 0 bridgehead atoms. The molecule has 0 radical (unpaired) electrons. The van der Waals surface area contributed by atoms with Crippen molar-refractivity contribution in [1.29, 1.82) is 0 Å². The number of nitrogens with zero attached hydrogens (tertiary/aromatic N) is 4. The van der Waals surface area contributed by atoms with E-state index in [2.05, 4.69) is 27.5 Å². The zero-order valence-corrected chi connectivity index (χ0v) is 11.7. The van der Waals surface area contributed by atoms with Crippen LogP contribution in [-0.2, 0) is 6.54 Å². The second kappa shape index (κ2) is 6.14. The van der Waals surface area contributed by atoms with Gasteiger partial charge in [0.2, 0.25) is 0 Å². The first-order chi connectivity index (χ1) is 8.83. The Morgan fingerprint density at radius 2 is 2.05 bits per heavy atom. The lowest BCUT2D eigenvalue weighted by Gasteiger charge is -2.35. The van der Waals surface area contributed by atoms with Crippen molar-refractivity contribution in [3.8, 4) is 5.69 Å². The normalized spacial score (nSPS) is 15.1. The van der Waals surface area contributed by atoms with Crippen molar-refractivity contribution in [1.82, 2.24) is 25.2 Å². The molecule has 0 saturated carbocycles. The molecule has 102 valence electrons. The molecule has 0 atom stereocenters. The number of para-hydroxylation sites is 1. The Bertz CT molecular complexity index is 509. The summed E-state index contributed by atoms with van der Waals surface area (Å²) in [6.45, 7) is 2.99. The maximum Gasteiger partial charge on any atom is 0.0971 e. The number of benzene rings is 1. The topological polar surface area (TPSA) is 46.0 Å². The summed E-state index contributed by atoms with van der Waals surface area (Å²) in [5.74, 6) is 0. The lowest BCUT2D eigenvalue weighted by molar-refractivity contribution is 0.171. The molecule has 1 aromatic carbocycles. The lowest BCUT2D eigenvalue weighted by atomic mass is 10.1. The van der Waals surface area contributed by atoms with Crippen molar-refractivity contribution in [2.45, 2.75) is 12.6 Å². The van der Waals surface area contributed by atoms with Crippen LogP contribution < -0.4 is 5.32 Å². The summed E-state index contributed by atoms with van der Waals surface area (Å²) >= 11 is 0. The van der Waals surface area contributed by atoms with Crippen LogP contribution in [0.5, 0.6) is 0 Å². The quantitative estimate of drug-likeness (QED) is 0.910. The van der Waals surface area contributed by atoms with E-state index in [1.807, 2.05) is 36.5 Å². The molecule has 0 unspecified atom stereocenters. The van der Waals surface area contributed by atoms with Gasteiger partial charge in [0.15, 0.2) is 0 Å². The largest absolute Gasteiger partial charge is 0.314 e. The van der Waals surface area contributed by atoms with Gasteiger partial charge in [0, 0.05) is 25.7 Å². The van der Waals surface area contributed by atoms with E-state index in [-0.39, 0.29) is 12.4 Å². The summed E-state index contributed by atoms with van der Waals surface area (Å²) in [5.41, 5.74) is 2.00. The van der Waals surface area contributed by atoms with Gasteiger partial charge in [0.25, 0.3) is 0 Å². The van der Waals surface area contributed by atoms with Crippen LogP contribution in [-0.4, -0.2) is 46.1 Å². The molecule has 3 rings (SSSR count). The molecule has 2 aromatic rings. The molecule has 5 nitrogen and oxygen atoms in total. The first kappa shape index (κ1) is 14.0. The third-order valence-electron chi connectivity index (χ3n) is 3.32. The molecule has 0 amide bonds. The van der Waals surface area contributed by atoms with Gasteiger partial charge < -0.3 is 5.32 Å². The van der Waals surface area contributed by atoms with Crippen LogP contribution in [0.25, 0.3) is 5.69 Å². The van der Waals surface area contributed by atoms with Crippen LogP contribution in [0.15, 0.2) is 36.5 Å². The smallest absolute Gasteiger partial charge is 0.0971 e.